The molecule has 0 amide bonds. The van der Waals surface area contributed by atoms with E-state index in [4.69, 9.17) is 0 Å². The second-order valence-corrected chi connectivity index (χ2v) is 7.92. The van der Waals surface area contributed by atoms with E-state index in [1.54, 1.807) is 0 Å². The highest BCUT2D eigenvalue weighted by molar-refractivity contribution is 5.21. The van der Waals surface area contributed by atoms with Gasteiger partial charge in [0, 0.05) is 0 Å². The van der Waals surface area contributed by atoms with Gasteiger partial charge in [0.15, 0.2) is 0 Å². The lowest BCUT2D eigenvalue weighted by molar-refractivity contribution is 0.195. The zero-order valence-electron chi connectivity index (χ0n) is 14.6. The third kappa shape index (κ3) is 3.91. The van der Waals surface area contributed by atoms with Gasteiger partial charge < -0.3 is 10.2 Å². The summed E-state index contributed by atoms with van der Waals surface area (Å²) in [7, 11) is 0. The van der Waals surface area contributed by atoms with E-state index in [-0.39, 0.29) is 6.10 Å². The van der Waals surface area contributed by atoms with Crippen LogP contribution in [0.25, 0.3) is 0 Å². The first-order chi connectivity index (χ1) is 10.2. The summed E-state index contributed by atoms with van der Waals surface area (Å²) in [5, 5.41) is 20.6. The highest BCUT2D eigenvalue weighted by Gasteiger charge is 2.55. The van der Waals surface area contributed by atoms with Gasteiger partial charge in [-0.05, 0) is 74.3 Å². The van der Waals surface area contributed by atoms with Crippen molar-refractivity contribution in [3.63, 3.8) is 0 Å². The van der Waals surface area contributed by atoms with Crippen molar-refractivity contribution in [2.45, 2.75) is 72.0 Å². The molecule has 2 N–H and O–H groups in total. The minimum Gasteiger partial charge on any atom is -0.389 e. The highest BCUT2D eigenvalue weighted by Crippen LogP contribution is 2.61. The van der Waals surface area contributed by atoms with E-state index >= 15 is 0 Å². The van der Waals surface area contributed by atoms with Gasteiger partial charge in [0.25, 0.3) is 0 Å². The zero-order chi connectivity index (χ0) is 16.5. The van der Waals surface area contributed by atoms with Crippen LogP contribution in [-0.4, -0.2) is 22.4 Å². The van der Waals surface area contributed by atoms with Crippen LogP contribution in [-0.2, 0) is 0 Å². The van der Waals surface area contributed by atoms with Gasteiger partial charge >= 0.3 is 0 Å². The Morgan fingerprint density at radius 3 is 2.45 bits per heavy atom. The quantitative estimate of drug-likeness (QED) is 0.651. The second kappa shape index (κ2) is 6.72. The lowest BCUT2D eigenvalue weighted by atomic mass is 9.96. The van der Waals surface area contributed by atoms with Gasteiger partial charge in [-0.15, -0.1) is 0 Å². The molecule has 2 nitrogen and oxygen atoms in total. The van der Waals surface area contributed by atoms with Gasteiger partial charge in [-0.1, -0.05) is 38.2 Å². The molecule has 0 saturated heterocycles. The zero-order valence-corrected chi connectivity index (χ0v) is 14.6. The Bertz CT molecular complexity index is 484. The van der Waals surface area contributed by atoms with Crippen LogP contribution in [0, 0.1) is 17.3 Å². The molecule has 2 rings (SSSR count). The smallest absolute Gasteiger partial charge is 0.0782 e. The maximum Gasteiger partial charge on any atom is 0.0782 e. The lowest BCUT2D eigenvalue weighted by Crippen LogP contribution is -2.11. The first-order valence-electron chi connectivity index (χ1n) is 8.61. The molecular weight excluding hydrogens is 272 g/mol. The maximum absolute atomic E-state index is 10.3. The van der Waals surface area contributed by atoms with Crippen molar-refractivity contribution in [1.29, 1.82) is 0 Å². The van der Waals surface area contributed by atoms with Gasteiger partial charge in [0.05, 0.1) is 12.2 Å². The van der Waals surface area contributed by atoms with Crippen molar-refractivity contribution >= 4 is 0 Å². The van der Waals surface area contributed by atoms with Crippen LogP contribution in [0.15, 0.2) is 35.5 Å². The standard InChI is InChI=1S/C20H32O2/c1-13-6-10-18(21)14(2)8-9-16-17(20(16,4)5)12-15(3)19(22)11-7-13/h7,12,16-19,21-22H,2,6,8-11H2,1,3-5H3/b13-7+,15-12+/t16-,17+,18+,19-/m0/s1. The van der Waals surface area contributed by atoms with E-state index in [1.165, 1.54) is 5.57 Å². The fourth-order valence-electron chi connectivity index (χ4n) is 3.74. The monoisotopic (exact) mass is 304 g/mol. The van der Waals surface area contributed by atoms with Crippen molar-refractivity contribution in [2.75, 3.05) is 0 Å². The molecule has 22 heavy (non-hydrogen) atoms. The van der Waals surface area contributed by atoms with Crippen molar-refractivity contribution in [2.24, 2.45) is 17.3 Å². The molecule has 0 bridgehead atoms. The van der Waals surface area contributed by atoms with Gasteiger partial charge in [0.1, 0.15) is 0 Å². The average Bonchev–Trinajstić information content (AvgIpc) is 2.98. The first-order valence-corrected chi connectivity index (χ1v) is 8.61. The van der Waals surface area contributed by atoms with Gasteiger partial charge in [-0.2, -0.15) is 0 Å². The normalized spacial score (nSPS) is 41.5. The summed E-state index contributed by atoms with van der Waals surface area (Å²) in [5.41, 5.74) is 3.62. The molecule has 0 unspecified atom stereocenters. The third-order valence-electron chi connectivity index (χ3n) is 5.86. The van der Waals surface area contributed by atoms with Crippen molar-refractivity contribution in [1.82, 2.24) is 0 Å². The summed E-state index contributed by atoms with van der Waals surface area (Å²) in [6.07, 6.45) is 7.89. The third-order valence-corrected chi connectivity index (χ3v) is 5.86. The van der Waals surface area contributed by atoms with E-state index in [0.717, 1.165) is 36.8 Å². The molecule has 2 aliphatic rings. The number of hydrogen-bond donors (Lipinski definition) is 2. The number of aliphatic hydroxyl groups excluding tert-OH is 2. The van der Waals surface area contributed by atoms with Crippen LogP contribution in [0.2, 0.25) is 0 Å². The molecule has 0 radical (unpaired) electrons. The summed E-state index contributed by atoms with van der Waals surface area (Å²) in [5.74, 6) is 1.18. The second-order valence-electron chi connectivity index (χ2n) is 7.92. The van der Waals surface area contributed by atoms with E-state index in [1.807, 2.05) is 6.92 Å². The van der Waals surface area contributed by atoms with Gasteiger partial charge in [0.2, 0.25) is 0 Å². The maximum atomic E-state index is 10.3. The molecule has 0 aliphatic heterocycles. The van der Waals surface area contributed by atoms with E-state index in [2.05, 4.69) is 39.5 Å². The summed E-state index contributed by atoms with van der Waals surface area (Å²) in [4.78, 5) is 0. The van der Waals surface area contributed by atoms with Gasteiger partial charge in [-0.25, -0.2) is 0 Å². The molecule has 0 aromatic carbocycles. The molecule has 2 heteroatoms. The minimum absolute atomic E-state index is 0.304. The fourth-order valence-corrected chi connectivity index (χ4v) is 3.74. The number of aliphatic hydroxyl groups is 2. The minimum atomic E-state index is -0.395. The Labute approximate surface area is 135 Å². The number of allylic oxidation sites excluding steroid dienone is 2. The summed E-state index contributed by atoms with van der Waals surface area (Å²) < 4.78 is 0. The largest absolute Gasteiger partial charge is 0.389 e. The Morgan fingerprint density at radius 2 is 1.77 bits per heavy atom. The SMILES string of the molecule is C=C1CC[C@H]2[C@@H](/C=C(\C)[C@@H](O)C/C=C(\C)CC[C@H]1O)C2(C)C. The van der Waals surface area contributed by atoms with Crippen LogP contribution in [0.4, 0.5) is 0 Å². The Hall–Kier alpha value is -0.860. The highest BCUT2D eigenvalue weighted by atomic mass is 16.3. The van der Waals surface area contributed by atoms with E-state index < -0.39 is 6.10 Å². The first kappa shape index (κ1) is 17.5. The summed E-state index contributed by atoms with van der Waals surface area (Å²) in [6, 6.07) is 0. The number of hydrogen-bond acceptors (Lipinski definition) is 2. The lowest BCUT2D eigenvalue weighted by Gasteiger charge is -2.15. The van der Waals surface area contributed by atoms with Gasteiger partial charge in [-0.3, -0.25) is 0 Å². The molecule has 4 atom stereocenters. The van der Waals surface area contributed by atoms with Crippen LogP contribution in [0.5, 0.6) is 0 Å². The van der Waals surface area contributed by atoms with E-state index in [9.17, 15) is 10.2 Å². The van der Waals surface area contributed by atoms with Crippen LogP contribution >= 0.6 is 0 Å². The number of rotatable bonds is 0. The Morgan fingerprint density at radius 1 is 1.09 bits per heavy atom. The summed E-state index contributed by atoms with van der Waals surface area (Å²) >= 11 is 0. The van der Waals surface area contributed by atoms with E-state index in [0.29, 0.717) is 23.7 Å². The molecule has 1 saturated carbocycles. The van der Waals surface area contributed by atoms with Crippen LogP contribution < -0.4 is 0 Å². The molecule has 0 aromatic rings. The molecule has 0 aromatic heterocycles. The topological polar surface area (TPSA) is 40.5 Å². The Balaban J connectivity index is 2.16. The van der Waals surface area contributed by atoms with Crippen LogP contribution in [0.3, 0.4) is 0 Å². The molecular formula is C20H32O2. The fraction of sp³-hybridized carbons (Fsp3) is 0.700. The Kier molecular flexibility index (Phi) is 5.34. The molecule has 1 fully saturated rings. The van der Waals surface area contributed by atoms with Crippen molar-refractivity contribution < 1.29 is 10.2 Å². The predicted octanol–water partition coefficient (Wildman–Crippen LogP) is 4.39. The molecule has 124 valence electrons. The predicted molar refractivity (Wildman–Crippen MR) is 92.5 cm³/mol. The average molecular weight is 304 g/mol. The summed E-state index contributed by atoms with van der Waals surface area (Å²) in [6.45, 7) is 12.8. The van der Waals surface area contributed by atoms with Crippen LogP contribution in [0.1, 0.15) is 59.8 Å². The molecule has 2 aliphatic carbocycles. The van der Waals surface area contributed by atoms with Crippen molar-refractivity contribution in [3.8, 4) is 0 Å². The number of fused-ring (bicyclic) bond motifs is 1. The molecule has 0 heterocycles. The molecule has 0 spiro atoms. The van der Waals surface area contributed by atoms with Crippen molar-refractivity contribution in [3.05, 3.63) is 35.5 Å².